The van der Waals surface area contributed by atoms with Gasteiger partial charge in [0.05, 0.1) is 13.2 Å². The van der Waals surface area contributed by atoms with Crippen molar-refractivity contribution in [3.05, 3.63) is 22.7 Å². The van der Waals surface area contributed by atoms with Crippen LogP contribution in [0.4, 0.5) is 10.2 Å². The van der Waals surface area contributed by atoms with Crippen LogP contribution in [-0.2, 0) is 27.4 Å². The molecule has 17 nitrogen and oxygen atoms in total. The van der Waals surface area contributed by atoms with Crippen LogP contribution >= 0.6 is 15.4 Å². The minimum atomic E-state index is -5.56. The molecule has 9 N–H and O–H groups in total. The van der Waals surface area contributed by atoms with Gasteiger partial charge in [0.2, 0.25) is 0 Å². The molecule has 0 amide bonds. The Morgan fingerprint density at radius 2 is 1.71 bits per heavy atom. The molecule has 2 saturated heterocycles. The van der Waals surface area contributed by atoms with Crippen LogP contribution in [0.3, 0.4) is 0 Å². The minimum absolute atomic E-state index is 0.129. The monoisotopic (exact) mass is 551 g/mol. The Kier molecular flexibility index (Phi) is 8.50. The second-order valence-electron chi connectivity index (χ2n) is 7.67. The highest BCUT2D eigenvalue weighted by Crippen LogP contribution is 2.64. The Hall–Kier alpha value is -1.37. The van der Waals surface area contributed by atoms with E-state index in [0.717, 1.165) is 10.8 Å². The number of halogens is 1. The van der Waals surface area contributed by atoms with Crippen LogP contribution in [0.25, 0.3) is 0 Å². The summed E-state index contributed by atoms with van der Waals surface area (Å²) in [6, 6.07) is 1.20. The van der Waals surface area contributed by atoms with Gasteiger partial charge in [0, 0.05) is 6.20 Å². The summed E-state index contributed by atoms with van der Waals surface area (Å²) >= 11 is 0. The van der Waals surface area contributed by atoms with Crippen molar-refractivity contribution in [2.45, 2.75) is 54.9 Å². The quantitative estimate of drug-likeness (QED) is 0.146. The Labute approximate surface area is 195 Å². The van der Waals surface area contributed by atoms with Crippen LogP contribution in [0.15, 0.2) is 17.1 Å². The number of nitrogen functional groups attached to an aromatic ring is 1. The van der Waals surface area contributed by atoms with Gasteiger partial charge in [-0.25, -0.2) is 18.1 Å². The second kappa shape index (κ2) is 10.5. The van der Waals surface area contributed by atoms with E-state index in [1.165, 1.54) is 6.07 Å². The first-order chi connectivity index (χ1) is 16.2. The van der Waals surface area contributed by atoms with Crippen LogP contribution in [0.1, 0.15) is 6.23 Å². The molecule has 20 heteroatoms. The Morgan fingerprint density at radius 3 is 2.31 bits per heavy atom. The van der Waals surface area contributed by atoms with Crippen molar-refractivity contribution in [1.29, 1.82) is 0 Å². The van der Waals surface area contributed by atoms with Crippen molar-refractivity contribution in [2.24, 2.45) is 0 Å². The summed E-state index contributed by atoms with van der Waals surface area (Å²) < 4.78 is 58.4. The standard InChI is InChI=1S/C15H24FN3O14P2/c16-8-11(23)9(21)5(3-20)32-14(8)34(26,27)33-35(28,29)30-4-6-10(22)12(24)13(31-6)19-2-1-7(17)18-15(19)25/h1-2,5-6,8-14,20-24H,3-4H2,(H,26,27)(H,28,29)(H2,17,18,25)/t5-,6-,8-,9+,10-,11-,12-,13-,14-/m1/s1. The van der Waals surface area contributed by atoms with Gasteiger partial charge < -0.3 is 50.5 Å². The largest absolute Gasteiger partial charge is 0.479 e. The van der Waals surface area contributed by atoms with Crippen molar-refractivity contribution in [1.82, 2.24) is 9.55 Å². The van der Waals surface area contributed by atoms with Crippen LogP contribution in [0, 0.1) is 0 Å². The average molecular weight is 551 g/mol. The van der Waals surface area contributed by atoms with E-state index in [4.69, 9.17) is 20.3 Å². The van der Waals surface area contributed by atoms with E-state index in [9.17, 15) is 48.5 Å². The van der Waals surface area contributed by atoms with Gasteiger partial charge in [0.1, 0.15) is 42.4 Å². The van der Waals surface area contributed by atoms with E-state index in [1.807, 2.05) is 0 Å². The number of aliphatic hydroxyl groups excluding tert-OH is 5. The van der Waals surface area contributed by atoms with Crippen molar-refractivity contribution >= 4 is 21.2 Å². The molecule has 3 rings (SSSR count). The molecular weight excluding hydrogens is 527 g/mol. The van der Waals surface area contributed by atoms with Crippen molar-refractivity contribution in [3.8, 4) is 0 Å². The van der Waals surface area contributed by atoms with Crippen molar-refractivity contribution in [3.63, 3.8) is 0 Å². The molecule has 2 unspecified atom stereocenters. The smallest absolute Gasteiger partial charge is 0.394 e. The zero-order chi connectivity index (χ0) is 26.3. The first-order valence-corrected chi connectivity index (χ1v) is 13.0. The SMILES string of the molecule is Nc1ccn([C@@H]2O[C@H](COP(=O)(O)OP(=O)(O)[C@H]3O[C@H](CO)[C@H](O)[C@H](O)[C@H]3F)[C@@H](O)[C@H]2O)c(=O)n1. The maximum Gasteiger partial charge on any atom is 0.479 e. The number of rotatable bonds is 8. The lowest BCUT2D eigenvalue weighted by atomic mass is 10.0. The molecule has 2 aliphatic rings. The van der Waals surface area contributed by atoms with E-state index in [1.54, 1.807) is 0 Å². The molecule has 0 saturated carbocycles. The summed E-state index contributed by atoms with van der Waals surface area (Å²) in [5.74, 6) is -2.71. The van der Waals surface area contributed by atoms with Gasteiger partial charge in [0.15, 0.2) is 18.2 Å². The van der Waals surface area contributed by atoms with E-state index in [0.29, 0.717) is 0 Å². The zero-order valence-electron chi connectivity index (χ0n) is 17.5. The third-order valence-corrected chi connectivity index (χ3v) is 8.52. The van der Waals surface area contributed by atoms with Gasteiger partial charge in [-0.15, -0.1) is 0 Å². The number of anilines is 1. The summed E-state index contributed by atoms with van der Waals surface area (Å²) in [5.41, 5.74) is 4.43. The maximum absolute atomic E-state index is 14.3. The molecule has 11 atom stereocenters. The number of ether oxygens (including phenoxy) is 2. The van der Waals surface area contributed by atoms with Gasteiger partial charge in [0.25, 0.3) is 0 Å². The lowest BCUT2D eigenvalue weighted by molar-refractivity contribution is -0.194. The number of phosphoric acid groups is 1. The summed E-state index contributed by atoms with van der Waals surface area (Å²) in [5, 5.41) is 48.7. The number of alkyl halides is 1. The minimum Gasteiger partial charge on any atom is -0.394 e. The number of hydrogen-bond acceptors (Lipinski definition) is 14. The first kappa shape index (κ1) is 28.2. The van der Waals surface area contributed by atoms with Crippen LogP contribution in [0.2, 0.25) is 0 Å². The Morgan fingerprint density at radius 1 is 1.09 bits per heavy atom. The normalized spacial score (nSPS) is 39.1. The molecule has 0 aromatic carbocycles. The highest BCUT2D eigenvalue weighted by Gasteiger charge is 2.55. The molecule has 35 heavy (non-hydrogen) atoms. The fraction of sp³-hybridized carbons (Fsp3) is 0.733. The summed E-state index contributed by atoms with van der Waals surface area (Å²) in [6.45, 7) is -2.02. The summed E-state index contributed by atoms with van der Waals surface area (Å²) in [6.07, 6.45) is -14.2. The fourth-order valence-electron chi connectivity index (χ4n) is 3.42. The molecule has 0 bridgehead atoms. The lowest BCUT2D eigenvalue weighted by Gasteiger charge is -2.39. The molecule has 0 spiro atoms. The number of hydrogen-bond donors (Lipinski definition) is 8. The molecule has 0 aliphatic carbocycles. The summed E-state index contributed by atoms with van der Waals surface area (Å²) in [4.78, 5) is 35.2. The van der Waals surface area contributed by atoms with Crippen molar-refractivity contribution < 1.29 is 67.1 Å². The predicted octanol–water partition coefficient (Wildman–Crippen LogP) is -3.46. The van der Waals surface area contributed by atoms with Gasteiger partial charge >= 0.3 is 21.1 Å². The van der Waals surface area contributed by atoms with Crippen molar-refractivity contribution in [2.75, 3.05) is 18.9 Å². The van der Waals surface area contributed by atoms with Crippen LogP contribution in [-0.4, -0.2) is 107 Å². The number of phosphoric ester groups is 1. The number of aromatic nitrogens is 2. The van der Waals surface area contributed by atoms with Gasteiger partial charge in [-0.05, 0) is 6.07 Å². The average Bonchev–Trinajstić information content (AvgIpc) is 3.04. The van der Waals surface area contributed by atoms with Gasteiger partial charge in [-0.3, -0.25) is 13.7 Å². The Balaban J connectivity index is 1.66. The molecule has 1 aromatic rings. The van der Waals surface area contributed by atoms with Gasteiger partial charge in [-0.1, -0.05) is 0 Å². The topological polar surface area (TPSA) is 274 Å². The molecule has 2 aliphatic heterocycles. The first-order valence-electron chi connectivity index (χ1n) is 9.82. The zero-order valence-corrected chi connectivity index (χ0v) is 19.3. The molecule has 3 heterocycles. The van der Waals surface area contributed by atoms with Crippen LogP contribution in [0.5, 0.6) is 0 Å². The third kappa shape index (κ3) is 5.97. The maximum atomic E-state index is 14.3. The Bertz CT molecular complexity index is 1060. The van der Waals surface area contributed by atoms with Crippen LogP contribution < -0.4 is 11.4 Å². The molecule has 200 valence electrons. The van der Waals surface area contributed by atoms with Gasteiger partial charge in [-0.2, -0.15) is 4.98 Å². The highest BCUT2D eigenvalue weighted by molar-refractivity contribution is 7.64. The lowest BCUT2D eigenvalue weighted by Crippen LogP contribution is -2.56. The molecular formula is C15H24FN3O14P2. The van der Waals surface area contributed by atoms with E-state index in [-0.39, 0.29) is 5.82 Å². The predicted molar refractivity (Wildman–Crippen MR) is 108 cm³/mol. The third-order valence-electron chi connectivity index (χ3n) is 5.23. The summed E-state index contributed by atoms with van der Waals surface area (Å²) in [7, 11) is -11.1. The second-order valence-corrected chi connectivity index (χ2v) is 11.2. The fourth-order valence-corrected chi connectivity index (χ4v) is 6.35. The molecule has 0 radical (unpaired) electrons. The number of nitrogens with two attached hydrogens (primary N) is 1. The van der Waals surface area contributed by atoms with E-state index >= 15 is 0 Å². The van der Waals surface area contributed by atoms with E-state index < -0.39 is 89.2 Å². The number of nitrogens with zero attached hydrogens (tertiary/aromatic N) is 2. The van der Waals surface area contributed by atoms with E-state index in [2.05, 4.69) is 13.8 Å². The molecule has 1 aromatic heterocycles. The highest BCUT2D eigenvalue weighted by atomic mass is 31.3. The molecule has 2 fully saturated rings. The number of aliphatic hydroxyl groups is 5.